The van der Waals surface area contributed by atoms with Crippen LogP contribution in [0.2, 0.25) is 0 Å². The maximum absolute atomic E-state index is 10.8. The minimum atomic E-state index is -0.530. The summed E-state index contributed by atoms with van der Waals surface area (Å²) in [6.07, 6.45) is 3.64. The van der Waals surface area contributed by atoms with Gasteiger partial charge in [0.15, 0.2) is 0 Å². The average Bonchev–Trinajstić information content (AvgIpc) is 2.55. The first-order valence-electron chi connectivity index (χ1n) is 7.19. The topological polar surface area (TPSA) is 23.5 Å². The number of hydrogen-bond donors (Lipinski definition) is 1. The lowest BCUT2D eigenvalue weighted by Gasteiger charge is -2.28. The molecule has 106 valence electrons. The second-order valence-electron chi connectivity index (χ2n) is 6.01. The van der Waals surface area contributed by atoms with E-state index in [1.807, 2.05) is 0 Å². The first-order chi connectivity index (χ1) is 8.98. The van der Waals surface area contributed by atoms with Crippen LogP contribution < -0.4 is 0 Å². The third kappa shape index (κ3) is 4.30. The zero-order valence-corrected chi connectivity index (χ0v) is 13.5. The second-order valence-corrected chi connectivity index (χ2v) is 6.93. The van der Waals surface area contributed by atoms with E-state index < -0.39 is 5.60 Å². The fourth-order valence-electron chi connectivity index (χ4n) is 2.88. The summed E-state index contributed by atoms with van der Waals surface area (Å²) in [5.74, 6) is 0. The van der Waals surface area contributed by atoms with Gasteiger partial charge in [-0.25, -0.2) is 0 Å². The largest absolute Gasteiger partial charge is 0.389 e. The van der Waals surface area contributed by atoms with Crippen molar-refractivity contribution in [3.8, 4) is 0 Å². The van der Waals surface area contributed by atoms with Crippen LogP contribution in [-0.4, -0.2) is 34.7 Å². The Morgan fingerprint density at radius 3 is 2.53 bits per heavy atom. The monoisotopic (exact) mass is 325 g/mol. The molecule has 1 aliphatic heterocycles. The summed E-state index contributed by atoms with van der Waals surface area (Å²) in [6.45, 7) is 6.59. The third-order valence-electron chi connectivity index (χ3n) is 4.13. The molecule has 19 heavy (non-hydrogen) atoms. The van der Waals surface area contributed by atoms with Crippen molar-refractivity contribution in [2.24, 2.45) is 0 Å². The van der Waals surface area contributed by atoms with E-state index in [1.54, 1.807) is 0 Å². The minimum Gasteiger partial charge on any atom is -0.389 e. The molecule has 1 aliphatic rings. The molecule has 1 N–H and O–H groups in total. The molecule has 0 aromatic heterocycles. The number of benzene rings is 1. The van der Waals surface area contributed by atoms with Crippen molar-refractivity contribution in [2.45, 2.75) is 51.2 Å². The van der Waals surface area contributed by atoms with Crippen molar-refractivity contribution >= 4 is 15.9 Å². The highest BCUT2D eigenvalue weighted by molar-refractivity contribution is 9.10. The zero-order chi connectivity index (χ0) is 13.9. The number of nitrogens with zero attached hydrogens (tertiary/aromatic N) is 1. The van der Waals surface area contributed by atoms with Crippen molar-refractivity contribution in [2.75, 3.05) is 13.1 Å². The number of rotatable bonds is 3. The summed E-state index contributed by atoms with van der Waals surface area (Å²) < 4.78 is 1.09. The van der Waals surface area contributed by atoms with E-state index in [9.17, 15) is 5.11 Å². The number of likely N-dealkylation sites (tertiary alicyclic amines) is 1. The van der Waals surface area contributed by atoms with Crippen molar-refractivity contribution in [1.29, 1.82) is 0 Å². The Hall–Kier alpha value is -0.380. The van der Waals surface area contributed by atoms with Crippen molar-refractivity contribution in [3.05, 3.63) is 34.3 Å². The van der Waals surface area contributed by atoms with E-state index >= 15 is 0 Å². The van der Waals surface area contributed by atoms with Gasteiger partial charge >= 0.3 is 0 Å². The van der Waals surface area contributed by atoms with Gasteiger partial charge in [-0.2, -0.15) is 0 Å². The summed E-state index contributed by atoms with van der Waals surface area (Å²) in [5.41, 5.74) is 0.695. The van der Waals surface area contributed by atoms with Gasteiger partial charge in [-0.05, 0) is 57.4 Å². The van der Waals surface area contributed by atoms with Crippen molar-refractivity contribution in [3.63, 3.8) is 0 Å². The Balaban J connectivity index is 2.00. The second kappa shape index (κ2) is 6.38. The zero-order valence-electron chi connectivity index (χ0n) is 11.9. The Morgan fingerprint density at radius 1 is 1.21 bits per heavy atom. The Bertz CT molecular complexity index is 404. The van der Waals surface area contributed by atoms with Crippen molar-refractivity contribution < 1.29 is 5.11 Å². The van der Waals surface area contributed by atoms with Crippen molar-refractivity contribution in [1.82, 2.24) is 4.90 Å². The molecule has 1 heterocycles. The highest BCUT2D eigenvalue weighted by Crippen LogP contribution is 2.27. The van der Waals surface area contributed by atoms with Gasteiger partial charge in [0, 0.05) is 23.5 Å². The summed E-state index contributed by atoms with van der Waals surface area (Å²) >= 11 is 3.45. The van der Waals surface area contributed by atoms with E-state index in [0.717, 1.165) is 43.2 Å². The lowest BCUT2D eigenvalue weighted by atomic mass is 9.88. The summed E-state index contributed by atoms with van der Waals surface area (Å²) in [5, 5.41) is 10.8. The maximum atomic E-state index is 10.8. The van der Waals surface area contributed by atoms with E-state index in [0.29, 0.717) is 6.04 Å². The van der Waals surface area contributed by atoms with Crippen LogP contribution in [0.4, 0.5) is 0 Å². The molecule has 1 aromatic carbocycles. The Kier molecular flexibility index (Phi) is 5.04. The summed E-state index contributed by atoms with van der Waals surface area (Å²) in [6, 6.07) is 8.89. The molecule has 2 rings (SSSR count). The molecule has 0 saturated carbocycles. The standard InChI is InChI=1S/C16H24BrNO/c1-13(2)18-10-3-8-16(19,9-11-18)12-14-4-6-15(17)7-5-14/h4-7,13,19H,3,8-12H2,1-2H3. The molecule has 0 radical (unpaired) electrons. The number of aliphatic hydroxyl groups is 1. The molecule has 1 saturated heterocycles. The third-order valence-corrected chi connectivity index (χ3v) is 4.66. The van der Waals surface area contributed by atoms with Gasteiger partial charge in [0.2, 0.25) is 0 Å². The average molecular weight is 326 g/mol. The van der Waals surface area contributed by atoms with Crippen LogP contribution in [0, 0.1) is 0 Å². The molecular weight excluding hydrogens is 302 g/mol. The predicted octanol–water partition coefficient (Wildman–Crippen LogP) is 3.62. The van der Waals surface area contributed by atoms with Crippen LogP contribution in [0.3, 0.4) is 0 Å². The van der Waals surface area contributed by atoms with Gasteiger partial charge in [0.05, 0.1) is 5.60 Å². The predicted molar refractivity (Wildman–Crippen MR) is 83.4 cm³/mol. The quantitative estimate of drug-likeness (QED) is 0.917. The van der Waals surface area contributed by atoms with Gasteiger partial charge in [0.25, 0.3) is 0 Å². The van der Waals surface area contributed by atoms with Crippen LogP contribution in [0.25, 0.3) is 0 Å². The van der Waals surface area contributed by atoms with Gasteiger partial charge in [-0.3, -0.25) is 0 Å². The molecule has 0 bridgehead atoms. The van der Waals surface area contributed by atoms with Gasteiger partial charge in [-0.1, -0.05) is 28.1 Å². The maximum Gasteiger partial charge on any atom is 0.0700 e. The van der Waals surface area contributed by atoms with E-state index in [1.165, 1.54) is 5.56 Å². The van der Waals surface area contributed by atoms with Crippen LogP contribution in [-0.2, 0) is 6.42 Å². The van der Waals surface area contributed by atoms with Crippen LogP contribution in [0.15, 0.2) is 28.7 Å². The molecule has 0 amide bonds. The Labute approximate surface area is 124 Å². The normalized spacial score (nSPS) is 25.5. The fraction of sp³-hybridized carbons (Fsp3) is 0.625. The molecule has 3 heteroatoms. The smallest absolute Gasteiger partial charge is 0.0700 e. The highest BCUT2D eigenvalue weighted by atomic mass is 79.9. The molecule has 1 unspecified atom stereocenters. The SMILES string of the molecule is CC(C)N1CCCC(O)(Cc2ccc(Br)cc2)CC1. The fourth-order valence-corrected chi connectivity index (χ4v) is 3.14. The molecule has 1 atom stereocenters. The molecule has 0 aliphatic carbocycles. The minimum absolute atomic E-state index is 0.530. The highest BCUT2D eigenvalue weighted by Gasteiger charge is 2.30. The van der Waals surface area contributed by atoms with Crippen LogP contribution in [0.1, 0.15) is 38.7 Å². The number of hydrogen-bond acceptors (Lipinski definition) is 2. The molecule has 0 spiro atoms. The van der Waals surface area contributed by atoms with Gasteiger partial charge in [0.1, 0.15) is 0 Å². The van der Waals surface area contributed by atoms with E-state index in [-0.39, 0.29) is 0 Å². The first-order valence-corrected chi connectivity index (χ1v) is 7.99. The lowest BCUT2D eigenvalue weighted by molar-refractivity contribution is 0.0249. The summed E-state index contributed by atoms with van der Waals surface area (Å²) in [4.78, 5) is 2.47. The van der Waals surface area contributed by atoms with E-state index in [2.05, 4.69) is 58.9 Å². The lowest BCUT2D eigenvalue weighted by Crippen LogP contribution is -2.35. The Morgan fingerprint density at radius 2 is 1.89 bits per heavy atom. The van der Waals surface area contributed by atoms with Gasteiger partial charge in [-0.15, -0.1) is 0 Å². The van der Waals surface area contributed by atoms with Crippen LogP contribution >= 0.6 is 15.9 Å². The van der Waals surface area contributed by atoms with Crippen LogP contribution in [0.5, 0.6) is 0 Å². The molecule has 2 nitrogen and oxygen atoms in total. The first kappa shape index (κ1) is 15.0. The van der Waals surface area contributed by atoms with Gasteiger partial charge < -0.3 is 10.0 Å². The van der Waals surface area contributed by atoms with E-state index in [4.69, 9.17) is 0 Å². The number of halogens is 1. The molecule has 1 fully saturated rings. The molecular formula is C16H24BrNO. The summed E-state index contributed by atoms with van der Waals surface area (Å²) in [7, 11) is 0. The molecule has 1 aromatic rings.